The van der Waals surface area contributed by atoms with Crippen LogP contribution in [0.3, 0.4) is 0 Å². The second kappa shape index (κ2) is 5.14. The average Bonchev–Trinajstić information content (AvgIpc) is 2.92. The quantitative estimate of drug-likeness (QED) is 0.881. The molecule has 1 fully saturated rings. The topological polar surface area (TPSA) is 78.0 Å². The number of nitrogens with two attached hydrogens (primary N) is 1. The molecule has 0 aliphatic carbocycles. The van der Waals surface area contributed by atoms with Crippen LogP contribution in [0.2, 0.25) is 0 Å². The maximum atomic E-state index is 11.6. The Morgan fingerprint density at radius 2 is 2.14 bits per heavy atom. The number of hydrogen-bond donors (Lipinski definition) is 1. The zero-order chi connectivity index (χ0) is 15.2. The van der Waals surface area contributed by atoms with Crippen molar-refractivity contribution in [2.45, 2.75) is 19.4 Å². The van der Waals surface area contributed by atoms with E-state index in [9.17, 15) is 8.42 Å². The van der Waals surface area contributed by atoms with Gasteiger partial charge >= 0.3 is 0 Å². The van der Waals surface area contributed by atoms with Crippen molar-refractivity contribution in [3.8, 4) is 11.3 Å². The summed E-state index contributed by atoms with van der Waals surface area (Å²) in [6.45, 7) is 2.01. The molecule has 1 unspecified atom stereocenters. The Balaban J connectivity index is 1.98. The van der Waals surface area contributed by atoms with E-state index in [-0.39, 0.29) is 17.5 Å². The fourth-order valence-electron chi connectivity index (χ4n) is 2.72. The van der Waals surface area contributed by atoms with E-state index in [2.05, 4.69) is 21.0 Å². The lowest BCUT2D eigenvalue weighted by Gasteiger charge is -2.10. The Kier molecular flexibility index (Phi) is 3.57. The van der Waals surface area contributed by atoms with Gasteiger partial charge in [-0.2, -0.15) is 5.10 Å². The first-order valence-corrected chi connectivity index (χ1v) is 9.29. The van der Waals surface area contributed by atoms with Crippen molar-refractivity contribution < 1.29 is 8.42 Å². The third-order valence-corrected chi connectivity index (χ3v) is 6.03. The van der Waals surface area contributed by atoms with E-state index < -0.39 is 9.84 Å². The molecule has 0 radical (unpaired) electrons. The number of aryl methyl sites for hydroxylation is 1. The lowest BCUT2D eigenvalue weighted by atomic mass is 10.1. The van der Waals surface area contributed by atoms with E-state index in [0.29, 0.717) is 12.2 Å². The van der Waals surface area contributed by atoms with Gasteiger partial charge in [-0.05, 0) is 31.0 Å². The van der Waals surface area contributed by atoms with Gasteiger partial charge in [0.15, 0.2) is 9.84 Å². The van der Waals surface area contributed by atoms with Gasteiger partial charge in [-0.25, -0.2) is 13.1 Å². The van der Waals surface area contributed by atoms with Gasteiger partial charge in [-0.3, -0.25) is 0 Å². The van der Waals surface area contributed by atoms with Gasteiger partial charge in [0, 0.05) is 16.1 Å². The normalized spacial score (nSPS) is 20.8. The van der Waals surface area contributed by atoms with E-state index >= 15 is 0 Å². The molecule has 0 amide bonds. The Bertz CT molecular complexity index is 799. The van der Waals surface area contributed by atoms with Crippen molar-refractivity contribution in [2.24, 2.45) is 0 Å². The molecule has 0 spiro atoms. The first kappa shape index (κ1) is 14.6. The third-order valence-electron chi connectivity index (χ3n) is 3.78. The van der Waals surface area contributed by atoms with Gasteiger partial charge < -0.3 is 5.73 Å². The lowest BCUT2D eigenvalue weighted by molar-refractivity contribution is 0.508. The lowest BCUT2D eigenvalue weighted by Crippen LogP contribution is -2.14. The molecule has 1 aliphatic rings. The standard InChI is InChI=1S/C14H16BrN3O2S/c1-9-6-10(15)2-3-12(9)13-7-14(16)18(17-13)11-4-5-21(19,20)8-11/h2-3,6-7,11H,4-5,8,16H2,1H3. The van der Waals surface area contributed by atoms with Crippen LogP contribution in [-0.2, 0) is 9.84 Å². The number of anilines is 1. The second-order valence-electron chi connectivity index (χ2n) is 5.42. The van der Waals surface area contributed by atoms with Gasteiger partial charge in [-0.15, -0.1) is 0 Å². The molecule has 1 aromatic heterocycles. The molecule has 2 N–H and O–H groups in total. The summed E-state index contributed by atoms with van der Waals surface area (Å²) < 4.78 is 25.9. The fraction of sp³-hybridized carbons (Fsp3) is 0.357. The smallest absolute Gasteiger partial charge is 0.152 e. The third kappa shape index (κ3) is 2.85. The summed E-state index contributed by atoms with van der Waals surface area (Å²) in [6.07, 6.45) is 0.576. The molecular formula is C14H16BrN3O2S. The highest BCUT2D eigenvalue weighted by atomic mass is 79.9. The Morgan fingerprint density at radius 3 is 2.76 bits per heavy atom. The molecule has 21 heavy (non-hydrogen) atoms. The zero-order valence-corrected chi connectivity index (χ0v) is 14.0. The SMILES string of the molecule is Cc1cc(Br)ccc1-c1cc(N)n(C2CCS(=O)(=O)C2)n1. The highest BCUT2D eigenvalue weighted by molar-refractivity contribution is 9.10. The van der Waals surface area contributed by atoms with Gasteiger partial charge in [0.2, 0.25) is 0 Å². The minimum Gasteiger partial charge on any atom is -0.384 e. The molecule has 2 aromatic rings. The first-order valence-electron chi connectivity index (χ1n) is 6.68. The van der Waals surface area contributed by atoms with E-state index in [1.807, 2.05) is 25.1 Å². The fourth-order valence-corrected chi connectivity index (χ4v) is 4.88. The van der Waals surface area contributed by atoms with E-state index in [1.165, 1.54) is 0 Å². The van der Waals surface area contributed by atoms with Gasteiger partial charge in [0.05, 0.1) is 23.2 Å². The summed E-state index contributed by atoms with van der Waals surface area (Å²) in [7, 11) is -2.95. The van der Waals surface area contributed by atoms with Crippen LogP contribution < -0.4 is 5.73 Å². The summed E-state index contributed by atoms with van der Waals surface area (Å²) in [5.74, 6) is 0.843. The molecule has 0 saturated carbocycles. The highest BCUT2D eigenvalue weighted by Crippen LogP contribution is 2.30. The van der Waals surface area contributed by atoms with Crippen molar-refractivity contribution in [2.75, 3.05) is 17.2 Å². The van der Waals surface area contributed by atoms with Crippen LogP contribution in [0, 0.1) is 6.92 Å². The Labute approximate surface area is 132 Å². The second-order valence-corrected chi connectivity index (χ2v) is 8.56. The molecule has 7 heteroatoms. The van der Waals surface area contributed by atoms with Crippen molar-refractivity contribution in [3.05, 3.63) is 34.3 Å². The molecule has 1 atom stereocenters. The number of hydrogen-bond acceptors (Lipinski definition) is 4. The molecule has 0 bridgehead atoms. The van der Waals surface area contributed by atoms with Crippen molar-refractivity contribution in [3.63, 3.8) is 0 Å². The monoisotopic (exact) mass is 369 g/mol. The maximum absolute atomic E-state index is 11.6. The van der Waals surface area contributed by atoms with Gasteiger partial charge in [-0.1, -0.05) is 22.0 Å². The molecule has 1 aromatic carbocycles. The van der Waals surface area contributed by atoms with Crippen LogP contribution in [0.5, 0.6) is 0 Å². The van der Waals surface area contributed by atoms with E-state index in [0.717, 1.165) is 21.3 Å². The zero-order valence-electron chi connectivity index (χ0n) is 11.6. The Morgan fingerprint density at radius 1 is 1.38 bits per heavy atom. The molecule has 5 nitrogen and oxygen atoms in total. The van der Waals surface area contributed by atoms with E-state index in [1.54, 1.807) is 10.7 Å². The minimum atomic E-state index is -2.95. The summed E-state index contributed by atoms with van der Waals surface area (Å²) in [5, 5.41) is 4.53. The van der Waals surface area contributed by atoms with Gasteiger partial charge in [0.1, 0.15) is 5.82 Å². The number of halogens is 1. The molecule has 112 valence electrons. The molecular weight excluding hydrogens is 354 g/mol. The number of aromatic nitrogens is 2. The molecule has 3 rings (SSSR count). The predicted octanol–water partition coefficient (Wildman–Crippen LogP) is 2.56. The summed E-state index contributed by atoms with van der Waals surface area (Å²) >= 11 is 3.44. The molecule has 1 aliphatic heterocycles. The minimum absolute atomic E-state index is 0.123. The highest BCUT2D eigenvalue weighted by Gasteiger charge is 2.31. The van der Waals surface area contributed by atoms with Crippen LogP contribution in [0.4, 0.5) is 5.82 Å². The van der Waals surface area contributed by atoms with E-state index in [4.69, 9.17) is 5.73 Å². The summed E-state index contributed by atoms with van der Waals surface area (Å²) in [6, 6.07) is 7.61. The van der Waals surface area contributed by atoms with Gasteiger partial charge in [0.25, 0.3) is 0 Å². The summed E-state index contributed by atoms with van der Waals surface area (Å²) in [5.41, 5.74) is 8.90. The number of benzene rings is 1. The largest absolute Gasteiger partial charge is 0.384 e. The van der Waals surface area contributed by atoms with Crippen LogP contribution in [0.15, 0.2) is 28.7 Å². The van der Waals surface area contributed by atoms with Crippen LogP contribution >= 0.6 is 15.9 Å². The number of nitrogen functional groups attached to an aromatic ring is 1. The average molecular weight is 370 g/mol. The Hall–Kier alpha value is -1.34. The van der Waals surface area contributed by atoms with Crippen LogP contribution in [0.25, 0.3) is 11.3 Å². The maximum Gasteiger partial charge on any atom is 0.152 e. The summed E-state index contributed by atoms with van der Waals surface area (Å²) in [4.78, 5) is 0. The van der Waals surface area contributed by atoms with Crippen molar-refractivity contribution in [1.29, 1.82) is 0 Å². The number of sulfone groups is 1. The molecule has 1 saturated heterocycles. The number of rotatable bonds is 2. The number of nitrogens with zero attached hydrogens (tertiary/aromatic N) is 2. The van der Waals surface area contributed by atoms with Crippen LogP contribution in [0.1, 0.15) is 18.0 Å². The predicted molar refractivity (Wildman–Crippen MR) is 86.8 cm³/mol. The van der Waals surface area contributed by atoms with Crippen LogP contribution in [-0.4, -0.2) is 29.7 Å². The van der Waals surface area contributed by atoms with Crippen molar-refractivity contribution in [1.82, 2.24) is 9.78 Å². The molecule has 2 heterocycles. The van der Waals surface area contributed by atoms with Crippen molar-refractivity contribution >= 4 is 31.6 Å². The first-order chi connectivity index (χ1) is 9.85.